The van der Waals surface area contributed by atoms with Crippen LogP contribution in [-0.2, 0) is 29.8 Å². The third kappa shape index (κ3) is 4.99. The molecule has 2 heterocycles. The van der Waals surface area contributed by atoms with Crippen molar-refractivity contribution in [2.75, 3.05) is 11.5 Å². The van der Waals surface area contributed by atoms with Crippen molar-refractivity contribution in [3.05, 3.63) is 71.8 Å². The SMILES string of the molecule is Cc1cc2c([nH]c3ccccc32)c(OS(=O)(=O)CC23CCC(CC2=O)C3(C)C)c1-c1c(C)cc2c([nH]c3ccccc32)c1OS(=O)(=O)CC12CCC(CC1=O)C2(C)C. The average molecular weight is 821 g/mol. The number of ketones is 2. The molecule has 4 aliphatic carbocycles. The molecule has 6 aromatic rings. The summed E-state index contributed by atoms with van der Waals surface area (Å²) in [6, 6.07) is 19.2. The summed E-state index contributed by atoms with van der Waals surface area (Å²) in [4.78, 5) is 34.0. The van der Waals surface area contributed by atoms with Crippen LogP contribution >= 0.6 is 0 Å². The molecule has 12 heteroatoms. The van der Waals surface area contributed by atoms with E-state index in [1.54, 1.807) is 0 Å². The lowest BCUT2D eigenvalue weighted by atomic mass is 9.70. The molecule has 4 bridgehead atoms. The summed E-state index contributed by atoms with van der Waals surface area (Å²) in [5, 5.41) is 3.18. The van der Waals surface area contributed by atoms with E-state index in [9.17, 15) is 26.4 Å². The molecular weight excluding hydrogens is 773 g/mol. The lowest BCUT2D eigenvalue weighted by Crippen LogP contribution is -2.43. The predicted octanol–water partition coefficient (Wildman–Crippen LogP) is 9.45. The lowest BCUT2D eigenvalue weighted by molar-refractivity contribution is -0.128. The quantitative estimate of drug-likeness (QED) is 0.137. The van der Waals surface area contributed by atoms with Crippen LogP contribution in [0.3, 0.4) is 0 Å². The molecule has 0 spiro atoms. The van der Waals surface area contributed by atoms with Crippen molar-refractivity contribution in [3.63, 3.8) is 0 Å². The second kappa shape index (κ2) is 12.0. The van der Waals surface area contributed by atoms with E-state index < -0.39 is 53.4 Å². The summed E-state index contributed by atoms with van der Waals surface area (Å²) in [5.41, 5.74) is 1.13. The number of H-pyrrole nitrogens is 2. The molecule has 10 nitrogen and oxygen atoms in total. The number of carbonyl (C=O) groups excluding carboxylic acids is 2. The molecule has 4 aromatic carbocycles. The number of hydrogen-bond donors (Lipinski definition) is 2. The van der Waals surface area contributed by atoms with Gasteiger partial charge in [-0.05, 0) is 97.6 Å². The Bertz CT molecular complexity index is 2840. The normalized spacial score (nSPS) is 26.2. The van der Waals surface area contributed by atoms with Crippen LogP contribution in [-0.4, -0.2) is 49.9 Å². The molecule has 4 saturated carbocycles. The van der Waals surface area contributed by atoms with Gasteiger partial charge >= 0.3 is 20.2 Å². The van der Waals surface area contributed by atoms with Crippen LogP contribution in [0.15, 0.2) is 60.7 Å². The number of Topliss-reactive ketones (excluding diaryl/α,β-unsaturated/α-hetero) is 2. The van der Waals surface area contributed by atoms with E-state index in [4.69, 9.17) is 8.37 Å². The van der Waals surface area contributed by atoms with Crippen molar-refractivity contribution in [2.45, 2.75) is 80.1 Å². The van der Waals surface area contributed by atoms with Crippen molar-refractivity contribution in [2.24, 2.45) is 33.5 Å². The molecule has 2 N–H and O–H groups in total. The maximum atomic E-state index is 14.7. The molecule has 0 saturated heterocycles. The second-order valence-electron chi connectivity index (χ2n) is 18.9. The lowest BCUT2D eigenvalue weighted by Gasteiger charge is -2.36. The van der Waals surface area contributed by atoms with Gasteiger partial charge in [-0.25, -0.2) is 0 Å². The first-order valence-electron chi connectivity index (χ1n) is 20.3. The van der Waals surface area contributed by atoms with Crippen LogP contribution in [0.5, 0.6) is 11.5 Å². The minimum absolute atomic E-state index is 0.00513. The summed E-state index contributed by atoms with van der Waals surface area (Å²) in [5.74, 6) is -0.798. The zero-order valence-electron chi connectivity index (χ0n) is 33.7. The fourth-order valence-corrected chi connectivity index (χ4v) is 15.6. The molecule has 4 atom stereocenters. The maximum absolute atomic E-state index is 14.7. The molecule has 2 aromatic heterocycles. The molecule has 0 amide bonds. The highest BCUT2D eigenvalue weighted by Gasteiger charge is 2.67. The van der Waals surface area contributed by atoms with Gasteiger partial charge < -0.3 is 18.3 Å². The largest absolute Gasteiger partial charge is 0.379 e. The van der Waals surface area contributed by atoms with Gasteiger partial charge in [-0.2, -0.15) is 16.8 Å². The molecule has 302 valence electrons. The Hall–Kier alpha value is -4.68. The molecule has 58 heavy (non-hydrogen) atoms. The minimum atomic E-state index is -4.45. The first kappa shape index (κ1) is 37.6. The van der Waals surface area contributed by atoms with Gasteiger partial charge in [0.05, 0.1) is 33.4 Å². The van der Waals surface area contributed by atoms with Crippen LogP contribution in [0.2, 0.25) is 0 Å². The number of para-hydroxylation sites is 2. The zero-order valence-corrected chi connectivity index (χ0v) is 35.3. The molecule has 0 aliphatic heterocycles. The van der Waals surface area contributed by atoms with Crippen molar-refractivity contribution >= 4 is 75.4 Å². The summed E-state index contributed by atoms with van der Waals surface area (Å²) < 4.78 is 71.4. The highest BCUT2D eigenvalue weighted by Crippen LogP contribution is 2.66. The van der Waals surface area contributed by atoms with Gasteiger partial charge in [0.15, 0.2) is 11.5 Å². The topological polar surface area (TPSA) is 152 Å². The first-order chi connectivity index (χ1) is 27.3. The number of aromatic amines is 2. The standard InChI is InChI=1S/C46H48N2O8S2/c1-25-19-31-29-11-7-9-13-33(29)47-39(31)41(55-57(51,52)23-45-17-15-27(21-35(45)49)43(45,3)4)37(25)38-26(2)20-32-30-12-8-10-14-34(30)48-40(32)42(38)56-58(53,54)24-46-18-16-28(22-36(46)50)44(46,5)6/h7-14,19-20,27-28,47-48H,15-18,21-24H2,1-6H3. The number of aromatic nitrogens is 2. The monoisotopic (exact) mass is 820 g/mol. The van der Waals surface area contributed by atoms with E-state index in [0.29, 0.717) is 59.0 Å². The summed E-state index contributed by atoms with van der Waals surface area (Å²) in [7, 11) is -8.91. The van der Waals surface area contributed by atoms with Crippen LogP contribution in [0.1, 0.15) is 77.3 Å². The molecule has 10 rings (SSSR count). The van der Waals surface area contributed by atoms with E-state index in [1.807, 2.05) is 102 Å². The Morgan fingerprint density at radius 2 is 0.983 bits per heavy atom. The molecular formula is C46H48N2O8S2. The summed E-state index contributed by atoms with van der Waals surface area (Å²) >= 11 is 0. The van der Waals surface area contributed by atoms with Gasteiger partial charge in [-0.15, -0.1) is 0 Å². The van der Waals surface area contributed by atoms with E-state index in [0.717, 1.165) is 45.4 Å². The molecule has 4 aliphatic rings. The smallest absolute Gasteiger partial charge is 0.310 e. The Labute approximate surface area is 338 Å². The van der Waals surface area contributed by atoms with Crippen molar-refractivity contribution in [1.82, 2.24) is 9.97 Å². The van der Waals surface area contributed by atoms with Crippen LogP contribution < -0.4 is 8.37 Å². The Morgan fingerprint density at radius 3 is 1.33 bits per heavy atom. The third-order valence-corrected chi connectivity index (χ3v) is 18.2. The van der Waals surface area contributed by atoms with Gasteiger partial charge in [0.25, 0.3) is 0 Å². The predicted molar refractivity (Wildman–Crippen MR) is 226 cm³/mol. The van der Waals surface area contributed by atoms with Crippen molar-refractivity contribution in [3.8, 4) is 22.6 Å². The van der Waals surface area contributed by atoms with Crippen molar-refractivity contribution < 1.29 is 34.8 Å². The Kier molecular flexibility index (Phi) is 7.75. The third-order valence-electron chi connectivity index (χ3n) is 15.7. The Morgan fingerprint density at radius 1 is 0.603 bits per heavy atom. The van der Waals surface area contributed by atoms with Gasteiger partial charge in [0.2, 0.25) is 0 Å². The van der Waals surface area contributed by atoms with Crippen LogP contribution in [0, 0.1) is 47.3 Å². The molecule has 4 unspecified atom stereocenters. The summed E-state index contributed by atoms with van der Waals surface area (Å²) in [6.07, 6.45) is 3.21. The molecule has 0 radical (unpaired) electrons. The Balaban J connectivity index is 1.21. The number of benzene rings is 4. The van der Waals surface area contributed by atoms with E-state index >= 15 is 0 Å². The van der Waals surface area contributed by atoms with E-state index in [-0.39, 0.29) is 34.9 Å². The van der Waals surface area contributed by atoms with Crippen LogP contribution in [0.25, 0.3) is 54.7 Å². The maximum Gasteiger partial charge on any atom is 0.310 e. The minimum Gasteiger partial charge on any atom is -0.379 e. The number of hydrogen-bond acceptors (Lipinski definition) is 8. The van der Waals surface area contributed by atoms with E-state index in [1.165, 1.54) is 0 Å². The number of nitrogens with one attached hydrogen (secondary N) is 2. The fraction of sp³-hybridized carbons (Fsp3) is 0.435. The van der Waals surface area contributed by atoms with Crippen LogP contribution in [0.4, 0.5) is 0 Å². The van der Waals surface area contributed by atoms with Gasteiger partial charge in [0.1, 0.15) is 11.6 Å². The highest BCUT2D eigenvalue weighted by atomic mass is 32.2. The van der Waals surface area contributed by atoms with Crippen molar-refractivity contribution in [1.29, 1.82) is 0 Å². The number of aryl methyl sites for hydroxylation is 2. The van der Waals surface area contributed by atoms with Gasteiger partial charge in [-0.1, -0.05) is 64.1 Å². The average Bonchev–Trinajstić information content (AvgIpc) is 3.91. The van der Waals surface area contributed by atoms with Gasteiger partial charge in [0, 0.05) is 56.5 Å². The molecule has 4 fully saturated rings. The van der Waals surface area contributed by atoms with E-state index in [2.05, 4.69) is 9.97 Å². The van der Waals surface area contributed by atoms with Gasteiger partial charge in [-0.3, -0.25) is 9.59 Å². The first-order valence-corrected chi connectivity index (χ1v) is 23.4. The zero-order chi connectivity index (χ0) is 40.9. The number of fused-ring (bicyclic) bond motifs is 10. The fourth-order valence-electron chi connectivity index (χ4n) is 12.1. The summed E-state index contributed by atoms with van der Waals surface area (Å²) in [6.45, 7) is 11.7. The number of carbonyl (C=O) groups is 2. The number of rotatable bonds is 9. The highest BCUT2D eigenvalue weighted by molar-refractivity contribution is 7.87. The second-order valence-corrected chi connectivity index (χ2v) is 22.0.